The number of thioether (sulfide) groups is 1. The Hall–Kier alpha value is -2.13. The van der Waals surface area contributed by atoms with Crippen LogP contribution >= 0.6 is 11.8 Å². The summed E-state index contributed by atoms with van der Waals surface area (Å²) in [7, 11) is 4.59. The highest BCUT2D eigenvalue weighted by Crippen LogP contribution is 2.28. The van der Waals surface area contributed by atoms with E-state index in [4.69, 9.17) is 4.74 Å². The third-order valence-corrected chi connectivity index (χ3v) is 6.27. The number of hydrogen-bond acceptors (Lipinski definition) is 6. The molecule has 0 aliphatic heterocycles. The van der Waals surface area contributed by atoms with Crippen molar-refractivity contribution in [3.63, 3.8) is 0 Å². The topological polar surface area (TPSA) is 95.2 Å². The normalized spacial score (nSPS) is 15.1. The van der Waals surface area contributed by atoms with Crippen LogP contribution in [0.25, 0.3) is 11.0 Å². The van der Waals surface area contributed by atoms with Crippen LogP contribution in [0, 0.1) is 0 Å². The molecule has 0 radical (unpaired) electrons. The molecule has 0 bridgehead atoms. The van der Waals surface area contributed by atoms with Gasteiger partial charge in [0.15, 0.2) is 0 Å². The molecule has 0 aromatic carbocycles. The van der Waals surface area contributed by atoms with Gasteiger partial charge in [-0.25, -0.2) is 9.78 Å². The number of rotatable bonds is 6. The number of hydrogen-bond donors (Lipinski definition) is 1. The van der Waals surface area contributed by atoms with Crippen molar-refractivity contribution in [2.24, 2.45) is 14.1 Å². The minimum absolute atomic E-state index is 0.0492. The minimum Gasteiger partial charge on any atom is -0.380 e. The van der Waals surface area contributed by atoms with Gasteiger partial charge in [0.2, 0.25) is 5.91 Å². The molecular weight excluding hydrogens is 380 g/mol. The molecule has 1 N–H and O–H groups in total. The molecular formula is C19H26N4O4S. The molecule has 2 aromatic rings. The van der Waals surface area contributed by atoms with Crippen molar-refractivity contribution in [3.8, 4) is 0 Å². The van der Waals surface area contributed by atoms with Crippen LogP contribution < -0.4 is 16.6 Å². The molecule has 0 unspecified atom stereocenters. The zero-order chi connectivity index (χ0) is 20.3. The van der Waals surface area contributed by atoms with Crippen LogP contribution in [0.15, 0.2) is 20.7 Å². The van der Waals surface area contributed by atoms with E-state index in [0.29, 0.717) is 15.9 Å². The van der Waals surface area contributed by atoms with Crippen molar-refractivity contribution >= 4 is 28.7 Å². The monoisotopic (exact) mass is 406 g/mol. The van der Waals surface area contributed by atoms with Gasteiger partial charge in [-0.2, -0.15) is 0 Å². The van der Waals surface area contributed by atoms with Gasteiger partial charge in [0.1, 0.15) is 5.65 Å². The van der Waals surface area contributed by atoms with E-state index in [1.54, 1.807) is 20.4 Å². The number of nitrogens with zero attached hydrogens (tertiary/aromatic N) is 3. The minimum atomic E-state index is -0.435. The summed E-state index contributed by atoms with van der Waals surface area (Å²) in [6.45, 7) is 0.265. The quantitative estimate of drug-likeness (QED) is 0.727. The van der Waals surface area contributed by atoms with Crippen molar-refractivity contribution in [3.05, 3.63) is 32.6 Å². The second kappa shape index (κ2) is 8.91. The van der Waals surface area contributed by atoms with Crippen molar-refractivity contribution in [1.29, 1.82) is 0 Å². The molecule has 8 nitrogen and oxygen atoms in total. The van der Waals surface area contributed by atoms with Gasteiger partial charge >= 0.3 is 5.69 Å². The van der Waals surface area contributed by atoms with E-state index in [1.807, 2.05) is 0 Å². The number of aromatic nitrogens is 3. The molecule has 1 amide bonds. The van der Waals surface area contributed by atoms with Gasteiger partial charge in [-0.05, 0) is 12.8 Å². The number of carbonyl (C=O) groups excluding carboxylic acids is 1. The van der Waals surface area contributed by atoms with Gasteiger partial charge < -0.3 is 10.1 Å². The van der Waals surface area contributed by atoms with Gasteiger partial charge in [0, 0.05) is 43.9 Å². The van der Waals surface area contributed by atoms with E-state index in [2.05, 4.69) is 10.3 Å². The Morgan fingerprint density at radius 2 is 1.96 bits per heavy atom. The molecule has 0 saturated heterocycles. The fraction of sp³-hybridized carbons (Fsp3) is 0.579. The molecule has 1 fully saturated rings. The highest BCUT2D eigenvalue weighted by atomic mass is 32.2. The standard InChI is InChI=1S/C19H26N4O4S/c1-22-17-15(18(25)23(2)19(22)26)16(12(9-20-17)10-27-3)28-11-14(24)21-13-7-5-4-6-8-13/h9,13H,4-8,10-11H2,1-3H3,(H,21,24). The number of pyridine rings is 1. The highest BCUT2D eigenvalue weighted by molar-refractivity contribution is 8.00. The second-order valence-corrected chi connectivity index (χ2v) is 8.13. The van der Waals surface area contributed by atoms with Gasteiger partial charge in [0.05, 0.1) is 17.7 Å². The zero-order valence-corrected chi connectivity index (χ0v) is 17.3. The molecule has 9 heteroatoms. The van der Waals surface area contributed by atoms with E-state index in [-0.39, 0.29) is 24.3 Å². The Balaban J connectivity index is 1.93. The van der Waals surface area contributed by atoms with Crippen molar-refractivity contribution in [1.82, 2.24) is 19.4 Å². The first kappa shape index (κ1) is 20.6. The molecule has 1 aliphatic rings. The number of carbonyl (C=O) groups is 1. The van der Waals surface area contributed by atoms with Gasteiger partial charge in [-0.1, -0.05) is 19.3 Å². The van der Waals surface area contributed by atoms with Crippen molar-refractivity contribution in [2.45, 2.75) is 49.6 Å². The summed E-state index contributed by atoms with van der Waals surface area (Å²) in [6, 6.07) is 0.239. The predicted molar refractivity (Wildman–Crippen MR) is 109 cm³/mol. The lowest BCUT2D eigenvalue weighted by Gasteiger charge is -2.22. The number of fused-ring (bicyclic) bond motifs is 1. The van der Waals surface area contributed by atoms with Gasteiger partial charge in [-0.3, -0.25) is 18.7 Å². The van der Waals surface area contributed by atoms with Gasteiger partial charge in [0.25, 0.3) is 5.56 Å². The molecule has 1 aliphatic carbocycles. The molecule has 152 valence electrons. The smallest absolute Gasteiger partial charge is 0.332 e. The van der Waals surface area contributed by atoms with Crippen LogP contribution in [0.4, 0.5) is 0 Å². The maximum absolute atomic E-state index is 12.8. The van der Waals surface area contributed by atoms with E-state index < -0.39 is 11.2 Å². The SMILES string of the molecule is COCc1cnc2c(c1SCC(=O)NC1CCCCC1)c(=O)n(C)c(=O)n2C. The third kappa shape index (κ3) is 4.15. The summed E-state index contributed by atoms with van der Waals surface area (Å²) >= 11 is 1.29. The average molecular weight is 407 g/mol. The summed E-state index contributed by atoms with van der Waals surface area (Å²) in [5, 5.41) is 3.43. The predicted octanol–water partition coefficient (Wildman–Crippen LogP) is 1.32. The fourth-order valence-corrected chi connectivity index (χ4v) is 4.60. The van der Waals surface area contributed by atoms with Crippen molar-refractivity contribution in [2.75, 3.05) is 12.9 Å². The first-order valence-corrected chi connectivity index (χ1v) is 10.4. The van der Waals surface area contributed by atoms with E-state index >= 15 is 0 Å². The zero-order valence-electron chi connectivity index (χ0n) is 16.5. The Kier molecular flexibility index (Phi) is 6.56. The first-order chi connectivity index (χ1) is 13.4. The average Bonchev–Trinajstić information content (AvgIpc) is 2.70. The molecule has 0 atom stereocenters. The molecule has 3 rings (SSSR count). The maximum Gasteiger partial charge on any atom is 0.332 e. The lowest BCUT2D eigenvalue weighted by molar-refractivity contribution is -0.119. The lowest BCUT2D eigenvalue weighted by atomic mass is 9.95. The number of methoxy groups -OCH3 is 1. The highest BCUT2D eigenvalue weighted by Gasteiger charge is 2.20. The largest absolute Gasteiger partial charge is 0.380 e. The number of ether oxygens (including phenoxy) is 1. The van der Waals surface area contributed by atoms with E-state index in [1.165, 1.54) is 29.8 Å². The second-order valence-electron chi connectivity index (χ2n) is 7.14. The van der Waals surface area contributed by atoms with Crippen LogP contribution in [0.5, 0.6) is 0 Å². The summed E-state index contributed by atoms with van der Waals surface area (Å²) in [5.74, 6) is 0.144. The molecule has 1 saturated carbocycles. The summed E-state index contributed by atoms with van der Waals surface area (Å²) in [5.41, 5.74) is 0.179. The Morgan fingerprint density at radius 3 is 2.64 bits per heavy atom. The number of aryl methyl sites for hydroxylation is 1. The van der Waals surface area contributed by atoms with Crippen LogP contribution in [0.1, 0.15) is 37.7 Å². The molecule has 28 heavy (non-hydrogen) atoms. The lowest BCUT2D eigenvalue weighted by Crippen LogP contribution is -2.38. The molecule has 2 aromatic heterocycles. The van der Waals surface area contributed by atoms with Crippen LogP contribution in [-0.4, -0.2) is 38.9 Å². The Morgan fingerprint density at radius 1 is 1.25 bits per heavy atom. The van der Waals surface area contributed by atoms with Crippen molar-refractivity contribution < 1.29 is 9.53 Å². The maximum atomic E-state index is 12.8. The van der Waals surface area contributed by atoms with E-state index in [9.17, 15) is 14.4 Å². The third-order valence-electron chi connectivity index (χ3n) is 5.11. The number of amides is 1. The summed E-state index contributed by atoms with van der Waals surface area (Å²) in [6.07, 6.45) is 7.17. The molecule has 2 heterocycles. The molecule has 0 spiro atoms. The summed E-state index contributed by atoms with van der Waals surface area (Å²) in [4.78, 5) is 42.4. The first-order valence-electron chi connectivity index (χ1n) is 9.42. The Labute approximate surface area is 167 Å². The van der Waals surface area contributed by atoms with Crippen LogP contribution in [0.2, 0.25) is 0 Å². The summed E-state index contributed by atoms with van der Waals surface area (Å²) < 4.78 is 7.65. The van der Waals surface area contributed by atoms with Gasteiger partial charge in [-0.15, -0.1) is 11.8 Å². The van der Waals surface area contributed by atoms with E-state index in [0.717, 1.165) is 35.8 Å². The van der Waals surface area contributed by atoms with Crippen LogP contribution in [0.3, 0.4) is 0 Å². The number of nitrogens with one attached hydrogen (secondary N) is 1. The Bertz CT molecular complexity index is 992. The fourth-order valence-electron chi connectivity index (χ4n) is 3.62. The van der Waals surface area contributed by atoms with Crippen LogP contribution in [-0.2, 0) is 30.2 Å².